The van der Waals surface area contributed by atoms with Crippen molar-refractivity contribution < 1.29 is 14.0 Å². The maximum Gasteiger partial charge on any atom is 0.242 e. The number of hydrogen-bond acceptors (Lipinski definition) is 2. The summed E-state index contributed by atoms with van der Waals surface area (Å²) >= 11 is 12.3. The Morgan fingerprint density at radius 3 is 2.26 bits per heavy atom. The molecule has 0 aliphatic heterocycles. The number of nitrogens with zero attached hydrogens (tertiary/aromatic N) is 1. The van der Waals surface area contributed by atoms with Crippen LogP contribution in [-0.2, 0) is 22.6 Å². The van der Waals surface area contributed by atoms with E-state index in [0.717, 1.165) is 0 Å². The molecule has 0 aliphatic rings. The topological polar surface area (TPSA) is 49.4 Å². The van der Waals surface area contributed by atoms with E-state index in [2.05, 4.69) is 5.32 Å². The third-order valence-electron chi connectivity index (χ3n) is 4.17. The summed E-state index contributed by atoms with van der Waals surface area (Å²) in [6, 6.07) is 10.1. The summed E-state index contributed by atoms with van der Waals surface area (Å²) < 4.78 is 13.2. The van der Waals surface area contributed by atoms with Crippen LogP contribution in [0, 0.1) is 5.82 Å². The van der Waals surface area contributed by atoms with E-state index in [1.165, 1.54) is 17.0 Å². The molecule has 0 aromatic heterocycles. The molecular formula is C20H21Cl2FN2O2. The van der Waals surface area contributed by atoms with Gasteiger partial charge in [-0.25, -0.2) is 4.39 Å². The third-order valence-corrected chi connectivity index (χ3v) is 4.88. The van der Waals surface area contributed by atoms with E-state index >= 15 is 0 Å². The predicted molar refractivity (Wildman–Crippen MR) is 105 cm³/mol. The average molecular weight is 411 g/mol. The zero-order valence-corrected chi connectivity index (χ0v) is 16.6. The maximum atomic E-state index is 13.2. The minimum Gasteiger partial charge on any atom is -0.355 e. The number of amides is 2. The molecule has 0 heterocycles. The lowest BCUT2D eigenvalue weighted by atomic mass is 10.1. The summed E-state index contributed by atoms with van der Waals surface area (Å²) in [6.45, 7) is 4.08. The molecule has 4 nitrogen and oxygen atoms in total. The molecule has 0 saturated heterocycles. The van der Waals surface area contributed by atoms with Gasteiger partial charge in [0.2, 0.25) is 11.8 Å². The van der Waals surface area contributed by atoms with Crippen molar-refractivity contribution in [3.05, 3.63) is 69.5 Å². The van der Waals surface area contributed by atoms with Crippen LogP contribution in [0.25, 0.3) is 0 Å². The predicted octanol–water partition coefficient (Wildman–Crippen LogP) is 4.23. The van der Waals surface area contributed by atoms with E-state index < -0.39 is 6.04 Å². The van der Waals surface area contributed by atoms with Crippen LogP contribution in [-0.4, -0.2) is 29.3 Å². The van der Waals surface area contributed by atoms with Crippen LogP contribution in [0.15, 0.2) is 42.5 Å². The molecule has 0 aliphatic carbocycles. The first-order valence-corrected chi connectivity index (χ1v) is 9.33. The van der Waals surface area contributed by atoms with Crippen molar-refractivity contribution in [2.75, 3.05) is 6.54 Å². The molecule has 0 saturated carbocycles. The molecule has 7 heteroatoms. The van der Waals surface area contributed by atoms with Gasteiger partial charge in [-0.3, -0.25) is 9.59 Å². The number of likely N-dealkylation sites (N-methyl/N-ethyl adjacent to an activating group) is 1. The van der Waals surface area contributed by atoms with Gasteiger partial charge in [0.15, 0.2) is 0 Å². The minimum atomic E-state index is -0.705. The number of carbonyl (C=O) groups is 2. The summed E-state index contributed by atoms with van der Waals surface area (Å²) in [4.78, 5) is 26.7. The molecule has 1 N–H and O–H groups in total. The molecule has 2 rings (SSSR count). The molecule has 144 valence electrons. The molecular weight excluding hydrogens is 390 g/mol. The van der Waals surface area contributed by atoms with Gasteiger partial charge >= 0.3 is 0 Å². The highest BCUT2D eigenvalue weighted by Crippen LogP contribution is 2.26. The van der Waals surface area contributed by atoms with Gasteiger partial charge in [-0.05, 0) is 49.2 Å². The molecule has 27 heavy (non-hydrogen) atoms. The highest BCUT2D eigenvalue weighted by molar-refractivity contribution is 6.36. The SMILES string of the molecule is CCNC(=O)C(C)N(Cc1ccc(F)cc1)C(=O)Cc1c(Cl)cccc1Cl. The smallest absolute Gasteiger partial charge is 0.242 e. The molecule has 0 fully saturated rings. The van der Waals surface area contributed by atoms with Crippen molar-refractivity contribution in [1.29, 1.82) is 0 Å². The number of nitrogens with one attached hydrogen (secondary N) is 1. The third kappa shape index (κ3) is 5.68. The fourth-order valence-electron chi connectivity index (χ4n) is 2.65. The molecule has 1 atom stereocenters. The minimum absolute atomic E-state index is 0.0382. The van der Waals surface area contributed by atoms with Gasteiger partial charge in [-0.1, -0.05) is 41.4 Å². The molecule has 2 aromatic rings. The monoisotopic (exact) mass is 410 g/mol. The van der Waals surface area contributed by atoms with E-state index in [4.69, 9.17) is 23.2 Å². The van der Waals surface area contributed by atoms with E-state index in [9.17, 15) is 14.0 Å². The number of rotatable bonds is 7. The number of hydrogen-bond donors (Lipinski definition) is 1. The summed E-state index contributed by atoms with van der Waals surface area (Å²) in [5, 5.41) is 3.50. The van der Waals surface area contributed by atoms with Gasteiger partial charge in [-0.15, -0.1) is 0 Å². The van der Waals surface area contributed by atoms with Gasteiger partial charge in [0.05, 0.1) is 6.42 Å². The Hall–Kier alpha value is -2.11. The van der Waals surface area contributed by atoms with Crippen LogP contribution in [0.4, 0.5) is 4.39 Å². The molecule has 2 aromatic carbocycles. The van der Waals surface area contributed by atoms with Gasteiger partial charge in [0.1, 0.15) is 11.9 Å². The first kappa shape index (κ1) is 21.2. The Morgan fingerprint density at radius 1 is 1.11 bits per heavy atom. The Kier molecular flexibility index (Phi) is 7.63. The van der Waals surface area contributed by atoms with Crippen molar-refractivity contribution in [2.24, 2.45) is 0 Å². The number of halogens is 3. The Labute approximate surface area is 168 Å². The van der Waals surface area contributed by atoms with Crippen LogP contribution < -0.4 is 5.32 Å². The second kappa shape index (κ2) is 9.72. The van der Waals surface area contributed by atoms with E-state index in [1.54, 1.807) is 44.2 Å². The standard InChI is InChI=1S/C20H21Cl2FN2O2/c1-3-24-20(27)13(2)25(12-14-7-9-15(23)10-8-14)19(26)11-16-17(21)5-4-6-18(16)22/h4-10,13H,3,11-12H2,1-2H3,(H,24,27). The van der Waals surface area contributed by atoms with E-state index in [-0.39, 0.29) is 30.6 Å². The fraction of sp³-hybridized carbons (Fsp3) is 0.300. The molecule has 1 unspecified atom stereocenters. The van der Waals surface area contributed by atoms with Crippen LogP contribution in [0.2, 0.25) is 10.0 Å². The first-order valence-electron chi connectivity index (χ1n) is 8.58. The van der Waals surface area contributed by atoms with Crippen LogP contribution in [0.1, 0.15) is 25.0 Å². The lowest BCUT2D eigenvalue weighted by Gasteiger charge is -2.29. The summed E-state index contributed by atoms with van der Waals surface area (Å²) in [7, 11) is 0. The molecule has 0 radical (unpaired) electrons. The molecule has 2 amide bonds. The normalized spacial score (nSPS) is 11.7. The van der Waals surface area contributed by atoms with Crippen molar-refractivity contribution in [1.82, 2.24) is 10.2 Å². The quantitative estimate of drug-likeness (QED) is 0.742. The summed E-state index contributed by atoms with van der Waals surface area (Å²) in [5.41, 5.74) is 1.23. The Bertz CT molecular complexity index is 792. The fourth-order valence-corrected chi connectivity index (χ4v) is 3.18. The Morgan fingerprint density at radius 2 is 1.70 bits per heavy atom. The van der Waals surface area contributed by atoms with Crippen molar-refractivity contribution >= 4 is 35.0 Å². The van der Waals surface area contributed by atoms with Gasteiger partial charge < -0.3 is 10.2 Å². The van der Waals surface area contributed by atoms with E-state index in [1.807, 2.05) is 0 Å². The van der Waals surface area contributed by atoms with Gasteiger partial charge in [0.25, 0.3) is 0 Å². The Balaban J connectivity index is 2.28. The summed E-state index contributed by atoms with van der Waals surface area (Å²) in [6.07, 6.45) is -0.0382. The summed E-state index contributed by atoms with van der Waals surface area (Å²) in [5.74, 6) is -0.928. The zero-order chi connectivity index (χ0) is 20.0. The van der Waals surface area contributed by atoms with Gasteiger partial charge in [-0.2, -0.15) is 0 Å². The largest absolute Gasteiger partial charge is 0.355 e. The van der Waals surface area contributed by atoms with Crippen LogP contribution in [0.5, 0.6) is 0 Å². The molecule has 0 spiro atoms. The van der Waals surface area contributed by atoms with Crippen LogP contribution >= 0.6 is 23.2 Å². The number of benzene rings is 2. The highest BCUT2D eigenvalue weighted by atomic mass is 35.5. The van der Waals surface area contributed by atoms with Crippen LogP contribution in [0.3, 0.4) is 0 Å². The second-order valence-corrected chi connectivity index (χ2v) is 6.91. The van der Waals surface area contributed by atoms with Crippen molar-refractivity contribution in [2.45, 2.75) is 32.9 Å². The van der Waals surface area contributed by atoms with E-state index in [0.29, 0.717) is 27.7 Å². The number of carbonyl (C=O) groups excluding carboxylic acids is 2. The van der Waals surface area contributed by atoms with Gasteiger partial charge in [0, 0.05) is 23.1 Å². The lowest BCUT2D eigenvalue weighted by Crippen LogP contribution is -2.48. The molecule has 0 bridgehead atoms. The lowest BCUT2D eigenvalue weighted by molar-refractivity contribution is -0.140. The van der Waals surface area contributed by atoms with Crippen molar-refractivity contribution in [3.8, 4) is 0 Å². The zero-order valence-electron chi connectivity index (χ0n) is 15.1. The van der Waals surface area contributed by atoms with Crippen molar-refractivity contribution in [3.63, 3.8) is 0 Å². The average Bonchev–Trinajstić information content (AvgIpc) is 2.64. The first-order chi connectivity index (χ1) is 12.8. The highest BCUT2D eigenvalue weighted by Gasteiger charge is 2.26. The second-order valence-electron chi connectivity index (χ2n) is 6.10. The maximum absolute atomic E-state index is 13.2.